The van der Waals surface area contributed by atoms with E-state index >= 15 is 0 Å². The van der Waals surface area contributed by atoms with Crippen LogP contribution >= 0.6 is 0 Å². The lowest BCUT2D eigenvalue weighted by atomic mass is 10.0. The minimum atomic E-state index is -1.70. The van der Waals surface area contributed by atoms with Crippen molar-refractivity contribution < 1.29 is 4.43 Å². The zero-order valence-electron chi connectivity index (χ0n) is 13.2. The highest BCUT2D eigenvalue weighted by Gasteiger charge is 2.39. The van der Waals surface area contributed by atoms with Crippen molar-refractivity contribution in [3.63, 3.8) is 0 Å². The average molecular weight is 276 g/mol. The first-order valence-corrected chi connectivity index (χ1v) is 10.5. The molecule has 0 atom stereocenters. The minimum Gasteiger partial charge on any atom is -0.543 e. The van der Waals surface area contributed by atoms with Crippen LogP contribution in [0.5, 0.6) is 5.75 Å². The Morgan fingerprint density at radius 1 is 0.947 bits per heavy atom. The maximum Gasteiger partial charge on any atom is 0.250 e. The molecule has 1 aromatic carbocycles. The van der Waals surface area contributed by atoms with Gasteiger partial charge in [-0.15, -0.1) is 0 Å². The van der Waals surface area contributed by atoms with Gasteiger partial charge in [-0.1, -0.05) is 33.3 Å². The summed E-state index contributed by atoms with van der Waals surface area (Å²) in [5.74, 6) is 1.09. The molecule has 0 saturated carbocycles. The van der Waals surface area contributed by atoms with Crippen LogP contribution in [0.15, 0.2) is 18.2 Å². The van der Waals surface area contributed by atoms with Crippen LogP contribution in [0.3, 0.4) is 0 Å². The van der Waals surface area contributed by atoms with Crippen molar-refractivity contribution >= 4 is 8.32 Å². The molecule has 0 aliphatic heterocycles. The molecule has 0 saturated heterocycles. The largest absolute Gasteiger partial charge is 0.543 e. The number of hydrogen-bond acceptors (Lipinski definition) is 1. The summed E-state index contributed by atoms with van der Waals surface area (Å²) >= 11 is 0. The molecule has 2 heteroatoms. The Kier molecular flexibility index (Phi) is 4.10. The van der Waals surface area contributed by atoms with Gasteiger partial charge < -0.3 is 4.43 Å². The lowest BCUT2D eigenvalue weighted by Crippen LogP contribution is -2.43. The third-order valence-corrected chi connectivity index (χ3v) is 9.11. The topological polar surface area (TPSA) is 9.23 Å². The maximum atomic E-state index is 6.41. The normalized spacial score (nSPS) is 16.7. The van der Waals surface area contributed by atoms with Gasteiger partial charge in [-0.3, -0.25) is 0 Å². The maximum absolute atomic E-state index is 6.41. The van der Waals surface area contributed by atoms with E-state index in [4.69, 9.17) is 4.43 Å². The van der Waals surface area contributed by atoms with Crippen molar-refractivity contribution in [1.82, 2.24) is 0 Å². The first kappa shape index (κ1) is 14.6. The fraction of sp³-hybridized carbons (Fsp3) is 0.647. The molecule has 0 fully saturated rings. The van der Waals surface area contributed by atoms with Gasteiger partial charge in [0.15, 0.2) is 0 Å². The van der Waals surface area contributed by atoms with Crippen LogP contribution < -0.4 is 4.43 Å². The number of hydrogen-bond donors (Lipinski definition) is 0. The van der Waals surface area contributed by atoms with Crippen molar-refractivity contribution in [1.29, 1.82) is 0 Å². The standard InChI is InChI=1S/C17H28OSi/c1-17(2,3)19(4,5)18-16-12-11-14-9-7-6-8-10-15(14)13-16/h11-13H,6-10H2,1-5H3. The number of fused-ring (bicyclic) bond motifs is 1. The summed E-state index contributed by atoms with van der Waals surface area (Å²) in [6, 6.07) is 6.79. The molecule has 0 bridgehead atoms. The molecule has 1 aliphatic carbocycles. The lowest BCUT2D eigenvalue weighted by Gasteiger charge is -2.36. The van der Waals surface area contributed by atoms with Gasteiger partial charge in [-0.05, 0) is 67.1 Å². The van der Waals surface area contributed by atoms with Gasteiger partial charge in [0.05, 0.1) is 0 Å². The summed E-state index contributed by atoms with van der Waals surface area (Å²) in [7, 11) is -1.70. The van der Waals surface area contributed by atoms with E-state index in [-0.39, 0.29) is 5.04 Å². The van der Waals surface area contributed by atoms with Crippen LogP contribution in [0.25, 0.3) is 0 Å². The molecule has 1 nitrogen and oxygen atoms in total. The van der Waals surface area contributed by atoms with Gasteiger partial charge >= 0.3 is 0 Å². The van der Waals surface area contributed by atoms with Crippen LogP contribution in [0, 0.1) is 0 Å². The second-order valence-electron chi connectivity index (χ2n) is 7.35. The quantitative estimate of drug-likeness (QED) is 0.523. The van der Waals surface area contributed by atoms with E-state index < -0.39 is 8.32 Å². The summed E-state index contributed by atoms with van der Waals surface area (Å²) in [6.45, 7) is 11.5. The van der Waals surface area contributed by atoms with E-state index in [0.717, 1.165) is 5.75 Å². The fourth-order valence-corrected chi connectivity index (χ4v) is 3.42. The zero-order valence-corrected chi connectivity index (χ0v) is 14.2. The number of benzene rings is 1. The van der Waals surface area contributed by atoms with E-state index in [2.05, 4.69) is 52.1 Å². The van der Waals surface area contributed by atoms with Crippen molar-refractivity contribution in [2.24, 2.45) is 0 Å². The Morgan fingerprint density at radius 3 is 2.21 bits per heavy atom. The highest BCUT2D eigenvalue weighted by Crippen LogP contribution is 2.38. The Hall–Kier alpha value is -0.763. The Labute approximate surface area is 119 Å². The minimum absolute atomic E-state index is 0.264. The molecule has 1 aromatic rings. The third kappa shape index (κ3) is 3.41. The highest BCUT2D eigenvalue weighted by atomic mass is 28.4. The number of aryl methyl sites for hydroxylation is 2. The van der Waals surface area contributed by atoms with E-state index in [1.165, 1.54) is 37.7 Å². The Balaban J connectivity index is 2.21. The van der Waals surface area contributed by atoms with Crippen LogP contribution in [-0.4, -0.2) is 8.32 Å². The smallest absolute Gasteiger partial charge is 0.250 e. The summed E-state index contributed by atoms with van der Waals surface area (Å²) in [5, 5.41) is 0.264. The Morgan fingerprint density at radius 2 is 1.58 bits per heavy atom. The van der Waals surface area contributed by atoms with Gasteiger partial charge in [0, 0.05) is 0 Å². The molecular formula is C17H28OSi. The first-order valence-electron chi connectivity index (χ1n) is 7.60. The van der Waals surface area contributed by atoms with Gasteiger partial charge in [0.25, 0.3) is 0 Å². The van der Waals surface area contributed by atoms with Gasteiger partial charge in [0.2, 0.25) is 8.32 Å². The first-order chi connectivity index (χ1) is 8.79. The van der Waals surface area contributed by atoms with Gasteiger partial charge in [-0.25, -0.2) is 0 Å². The van der Waals surface area contributed by atoms with E-state index in [9.17, 15) is 0 Å². The van der Waals surface area contributed by atoms with Crippen LogP contribution in [0.1, 0.15) is 51.2 Å². The predicted molar refractivity (Wildman–Crippen MR) is 85.5 cm³/mol. The molecule has 0 radical (unpaired) electrons. The van der Waals surface area contributed by atoms with E-state index in [0.29, 0.717) is 0 Å². The molecule has 0 aromatic heterocycles. The fourth-order valence-electron chi connectivity index (χ4n) is 2.40. The molecule has 19 heavy (non-hydrogen) atoms. The number of rotatable bonds is 2. The van der Waals surface area contributed by atoms with Gasteiger partial charge in [0.1, 0.15) is 5.75 Å². The van der Waals surface area contributed by atoms with E-state index in [1.807, 2.05) is 0 Å². The van der Waals surface area contributed by atoms with Crippen LogP contribution in [-0.2, 0) is 12.8 Å². The van der Waals surface area contributed by atoms with Crippen molar-refractivity contribution in [3.05, 3.63) is 29.3 Å². The monoisotopic (exact) mass is 276 g/mol. The molecule has 1 aliphatic rings. The second kappa shape index (κ2) is 5.32. The average Bonchev–Trinajstić information content (AvgIpc) is 2.51. The Bertz CT molecular complexity index is 443. The SMILES string of the molecule is CC(C)(C)[Si](C)(C)Oc1ccc2c(c1)CCCCC2. The zero-order chi connectivity index (χ0) is 14.1. The predicted octanol–water partition coefficient (Wildman–Crippen LogP) is 5.34. The van der Waals surface area contributed by atoms with Crippen LogP contribution in [0.4, 0.5) is 0 Å². The third-order valence-electron chi connectivity index (χ3n) is 4.75. The summed E-state index contributed by atoms with van der Waals surface area (Å²) in [6.07, 6.45) is 6.51. The second-order valence-corrected chi connectivity index (χ2v) is 12.1. The van der Waals surface area contributed by atoms with Crippen molar-refractivity contribution in [3.8, 4) is 5.75 Å². The molecule has 0 N–H and O–H groups in total. The molecule has 0 unspecified atom stereocenters. The lowest BCUT2D eigenvalue weighted by molar-refractivity contribution is 0.491. The van der Waals surface area contributed by atoms with Crippen molar-refractivity contribution in [2.75, 3.05) is 0 Å². The van der Waals surface area contributed by atoms with E-state index in [1.54, 1.807) is 5.56 Å². The van der Waals surface area contributed by atoms with Gasteiger partial charge in [-0.2, -0.15) is 0 Å². The highest BCUT2D eigenvalue weighted by molar-refractivity contribution is 6.74. The van der Waals surface area contributed by atoms with Crippen LogP contribution in [0.2, 0.25) is 18.1 Å². The molecule has 106 valence electrons. The molecular weight excluding hydrogens is 248 g/mol. The summed E-state index contributed by atoms with van der Waals surface area (Å²) < 4.78 is 6.41. The molecule has 0 spiro atoms. The molecule has 0 heterocycles. The summed E-state index contributed by atoms with van der Waals surface area (Å²) in [4.78, 5) is 0. The molecule has 2 rings (SSSR count). The summed E-state index contributed by atoms with van der Waals surface area (Å²) in [5.41, 5.74) is 3.06. The molecule has 0 amide bonds. The van der Waals surface area contributed by atoms with Crippen molar-refractivity contribution in [2.45, 2.75) is 71.0 Å².